The lowest BCUT2D eigenvalue weighted by Crippen LogP contribution is -2.22. The van der Waals surface area contributed by atoms with E-state index in [0.717, 1.165) is 5.69 Å². The zero-order valence-corrected chi connectivity index (χ0v) is 8.97. The minimum absolute atomic E-state index is 0.0980. The number of phenolic OH excluding ortho intramolecular Hbond substituents is 1. The van der Waals surface area contributed by atoms with Crippen molar-refractivity contribution in [1.29, 1.82) is 0 Å². The molecule has 1 heterocycles. The van der Waals surface area contributed by atoms with Gasteiger partial charge in [0.2, 0.25) is 0 Å². The number of aromatic amines is 1. The number of nitrogens with zero attached hydrogens (tertiary/aromatic N) is 1. The van der Waals surface area contributed by atoms with E-state index in [9.17, 15) is 9.90 Å². The van der Waals surface area contributed by atoms with Crippen LogP contribution in [0.3, 0.4) is 0 Å². The zero-order valence-electron chi connectivity index (χ0n) is 8.97. The van der Waals surface area contributed by atoms with Crippen molar-refractivity contribution in [3.05, 3.63) is 41.7 Å². The van der Waals surface area contributed by atoms with Gasteiger partial charge in [-0.05, 0) is 24.3 Å². The molecule has 1 aromatic carbocycles. The van der Waals surface area contributed by atoms with Crippen molar-refractivity contribution in [1.82, 2.24) is 15.5 Å². The van der Waals surface area contributed by atoms with Gasteiger partial charge in [0.05, 0.1) is 17.9 Å². The van der Waals surface area contributed by atoms with Gasteiger partial charge in [-0.2, -0.15) is 5.10 Å². The molecule has 1 aromatic heterocycles. The molecule has 0 saturated carbocycles. The third-order valence-electron chi connectivity index (χ3n) is 2.29. The molecule has 1 amide bonds. The number of aromatic hydroxyl groups is 1. The van der Waals surface area contributed by atoms with Gasteiger partial charge in [-0.15, -0.1) is 0 Å². The maximum Gasteiger partial charge on any atom is 0.251 e. The van der Waals surface area contributed by atoms with Crippen LogP contribution in [0.25, 0.3) is 0 Å². The van der Waals surface area contributed by atoms with Crippen LogP contribution in [-0.4, -0.2) is 21.2 Å². The fraction of sp³-hybridized carbons (Fsp3) is 0.0909. The minimum atomic E-state index is -0.282. The van der Waals surface area contributed by atoms with Crippen molar-refractivity contribution in [2.45, 2.75) is 6.54 Å². The van der Waals surface area contributed by atoms with Crippen LogP contribution in [0.1, 0.15) is 16.1 Å². The number of nitrogens with two attached hydrogens (primary N) is 1. The van der Waals surface area contributed by atoms with Gasteiger partial charge in [0.25, 0.3) is 5.91 Å². The molecule has 2 aromatic rings. The number of carbonyl (C=O) groups is 1. The Morgan fingerprint density at radius 3 is 2.94 bits per heavy atom. The third kappa shape index (κ3) is 2.54. The molecule has 5 N–H and O–H groups in total. The second kappa shape index (κ2) is 4.56. The topological polar surface area (TPSA) is 104 Å². The van der Waals surface area contributed by atoms with E-state index in [2.05, 4.69) is 15.5 Å². The Labute approximate surface area is 97.5 Å². The highest BCUT2D eigenvalue weighted by Crippen LogP contribution is 2.20. The Balaban J connectivity index is 2.02. The van der Waals surface area contributed by atoms with E-state index in [1.165, 1.54) is 12.1 Å². The summed E-state index contributed by atoms with van der Waals surface area (Å²) in [7, 11) is 0. The third-order valence-corrected chi connectivity index (χ3v) is 2.29. The van der Waals surface area contributed by atoms with Crippen LogP contribution < -0.4 is 11.1 Å². The molecule has 88 valence electrons. The molecule has 0 atom stereocenters. The lowest BCUT2D eigenvalue weighted by atomic mass is 10.2. The summed E-state index contributed by atoms with van der Waals surface area (Å²) >= 11 is 0. The predicted molar refractivity (Wildman–Crippen MR) is 62.3 cm³/mol. The summed E-state index contributed by atoms with van der Waals surface area (Å²) in [6.07, 6.45) is 1.61. The van der Waals surface area contributed by atoms with Gasteiger partial charge in [0.15, 0.2) is 0 Å². The minimum Gasteiger partial charge on any atom is -0.506 e. The monoisotopic (exact) mass is 232 g/mol. The molecule has 0 bridgehead atoms. The van der Waals surface area contributed by atoms with Crippen molar-refractivity contribution >= 4 is 11.6 Å². The van der Waals surface area contributed by atoms with E-state index in [0.29, 0.717) is 12.1 Å². The Morgan fingerprint density at radius 1 is 1.47 bits per heavy atom. The van der Waals surface area contributed by atoms with E-state index in [1.807, 2.05) is 0 Å². The van der Waals surface area contributed by atoms with E-state index in [-0.39, 0.29) is 17.3 Å². The highest BCUT2D eigenvalue weighted by atomic mass is 16.3. The molecule has 0 aliphatic rings. The number of aromatic nitrogens is 2. The van der Waals surface area contributed by atoms with Gasteiger partial charge in [-0.3, -0.25) is 9.89 Å². The standard InChI is InChI=1S/C11H12N4O2/c12-9-2-1-7(5-10(9)16)11(17)13-6-8-3-4-14-15-8/h1-5,16H,6,12H2,(H,13,17)(H,14,15). The molecule has 6 nitrogen and oxygen atoms in total. The van der Waals surface area contributed by atoms with E-state index >= 15 is 0 Å². The lowest BCUT2D eigenvalue weighted by molar-refractivity contribution is 0.0950. The van der Waals surface area contributed by atoms with E-state index in [4.69, 9.17) is 5.73 Å². The zero-order chi connectivity index (χ0) is 12.3. The number of nitrogen functional groups attached to an aromatic ring is 1. The van der Waals surface area contributed by atoms with Crippen LogP contribution in [0.5, 0.6) is 5.75 Å². The van der Waals surface area contributed by atoms with Crippen molar-refractivity contribution in [3.8, 4) is 5.75 Å². The number of rotatable bonds is 3. The number of hydrogen-bond acceptors (Lipinski definition) is 4. The van der Waals surface area contributed by atoms with Gasteiger partial charge in [0.1, 0.15) is 5.75 Å². The summed E-state index contributed by atoms with van der Waals surface area (Å²) < 4.78 is 0. The molecule has 0 saturated heterocycles. The number of benzene rings is 1. The van der Waals surface area contributed by atoms with Crippen LogP contribution >= 0.6 is 0 Å². The number of nitrogens with one attached hydrogen (secondary N) is 2. The molecule has 0 aliphatic heterocycles. The molecule has 0 spiro atoms. The highest BCUT2D eigenvalue weighted by molar-refractivity contribution is 5.95. The lowest BCUT2D eigenvalue weighted by Gasteiger charge is -2.05. The second-order valence-corrected chi connectivity index (χ2v) is 3.54. The first kappa shape index (κ1) is 11.0. The SMILES string of the molecule is Nc1ccc(C(=O)NCc2ccn[nH]2)cc1O. The number of hydrogen-bond donors (Lipinski definition) is 4. The van der Waals surface area contributed by atoms with Crippen molar-refractivity contribution < 1.29 is 9.90 Å². The number of H-pyrrole nitrogens is 1. The van der Waals surface area contributed by atoms with Crippen molar-refractivity contribution in [2.75, 3.05) is 5.73 Å². The Hall–Kier alpha value is -2.50. The van der Waals surface area contributed by atoms with Crippen LogP contribution in [0, 0.1) is 0 Å². The fourth-order valence-electron chi connectivity index (χ4n) is 1.35. The van der Waals surface area contributed by atoms with Crippen LogP contribution in [-0.2, 0) is 6.54 Å². The Morgan fingerprint density at radius 2 is 2.29 bits per heavy atom. The molecular weight excluding hydrogens is 220 g/mol. The Kier molecular flexibility index (Phi) is 2.95. The summed E-state index contributed by atoms with van der Waals surface area (Å²) in [4.78, 5) is 11.7. The summed E-state index contributed by atoms with van der Waals surface area (Å²) in [5, 5.41) is 18.6. The first-order valence-corrected chi connectivity index (χ1v) is 5.02. The molecule has 17 heavy (non-hydrogen) atoms. The molecule has 0 radical (unpaired) electrons. The summed E-state index contributed by atoms with van der Waals surface area (Å²) in [5.41, 5.74) is 6.85. The highest BCUT2D eigenvalue weighted by Gasteiger charge is 2.07. The molecule has 0 aliphatic carbocycles. The van der Waals surface area contributed by atoms with Crippen LogP contribution in [0.2, 0.25) is 0 Å². The molecular formula is C11H12N4O2. The first-order chi connectivity index (χ1) is 8.16. The van der Waals surface area contributed by atoms with E-state index < -0.39 is 0 Å². The summed E-state index contributed by atoms with van der Waals surface area (Å²) in [6, 6.07) is 6.14. The van der Waals surface area contributed by atoms with Crippen LogP contribution in [0.15, 0.2) is 30.5 Å². The quantitative estimate of drug-likeness (QED) is 0.460. The van der Waals surface area contributed by atoms with Gasteiger partial charge in [-0.25, -0.2) is 0 Å². The van der Waals surface area contributed by atoms with Gasteiger partial charge >= 0.3 is 0 Å². The van der Waals surface area contributed by atoms with Crippen LogP contribution in [0.4, 0.5) is 5.69 Å². The molecule has 2 rings (SSSR count). The molecule has 0 fully saturated rings. The molecule has 6 heteroatoms. The predicted octanol–water partition coefficient (Wildman–Crippen LogP) is 0.627. The second-order valence-electron chi connectivity index (χ2n) is 3.54. The maximum absolute atomic E-state index is 11.7. The van der Waals surface area contributed by atoms with E-state index in [1.54, 1.807) is 18.3 Å². The smallest absolute Gasteiger partial charge is 0.251 e. The number of carbonyl (C=O) groups excluding carboxylic acids is 1. The maximum atomic E-state index is 11.7. The van der Waals surface area contributed by atoms with Crippen molar-refractivity contribution in [3.63, 3.8) is 0 Å². The largest absolute Gasteiger partial charge is 0.506 e. The fourth-order valence-corrected chi connectivity index (χ4v) is 1.35. The van der Waals surface area contributed by atoms with Gasteiger partial charge < -0.3 is 16.2 Å². The summed E-state index contributed by atoms with van der Waals surface area (Å²) in [5.74, 6) is -0.380. The Bertz CT molecular complexity index is 522. The molecule has 0 unspecified atom stereocenters. The number of anilines is 1. The van der Waals surface area contributed by atoms with Gasteiger partial charge in [0, 0.05) is 11.8 Å². The summed E-state index contributed by atoms with van der Waals surface area (Å²) in [6.45, 7) is 0.351. The number of amides is 1. The average Bonchev–Trinajstić information content (AvgIpc) is 2.82. The van der Waals surface area contributed by atoms with Gasteiger partial charge in [-0.1, -0.05) is 0 Å². The first-order valence-electron chi connectivity index (χ1n) is 5.02. The number of phenols is 1. The van der Waals surface area contributed by atoms with Crippen molar-refractivity contribution in [2.24, 2.45) is 0 Å². The average molecular weight is 232 g/mol. The normalized spacial score (nSPS) is 10.1.